The lowest BCUT2D eigenvalue weighted by Gasteiger charge is -2.18. The molecule has 2 aromatic heterocycles. The highest BCUT2D eigenvalue weighted by Crippen LogP contribution is 2.12. The molecule has 2 aromatic rings. The highest BCUT2D eigenvalue weighted by molar-refractivity contribution is 5.39. The molecule has 0 saturated heterocycles. The summed E-state index contributed by atoms with van der Waals surface area (Å²) in [5.74, 6) is 0.888. The zero-order valence-corrected chi connectivity index (χ0v) is 9.74. The molecule has 4 heteroatoms. The summed E-state index contributed by atoms with van der Waals surface area (Å²) in [6.07, 6.45) is 5.26. The quantitative estimate of drug-likeness (QED) is 0.865. The van der Waals surface area contributed by atoms with Crippen molar-refractivity contribution >= 4 is 5.82 Å². The van der Waals surface area contributed by atoms with E-state index in [0.717, 1.165) is 17.9 Å². The number of aliphatic hydroxyl groups excluding tert-OH is 1. The van der Waals surface area contributed by atoms with Crippen molar-refractivity contribution in [2.45, 2.75) is 13.2 Å². The van der Waals surface area contributed by atoms with Crippen molar-refractivity contribution in [3.05, 3.63) is 54.0 Å². The Morgan fingerprint density at radius 3 is 2.47 bits per heavy atom. The Labute approximate surface area is 101 Å². The van der Waals surface area contributed by atoms with Crippen molar-refractivity contribution < 1.29 is 5.11 Å². The molecule has 0 aliphatic carbocycles. The molecule has 0 spiro atoms. The van der Waals surface area contributed by atoms with E-state index in [2.05, 4.69) is 14.9 Å². The van der Waals surface area contributed by atoms with E-state index in [0.29, 0.717) is 0 Å². The average molecular weight is 229 g/mol. The predicted molar refractivity (Wildman–Crippen MR) is 66.5 cm³/mol. The Morgan fingerprint density at radius 1 is 1.12 bits per heavy atom. The van der Waals surface area contributed by atoms with Gasteiger partial charge < -0.3 is 10.0 Å². The summed E-state index contributed by atoms with van der Waals surface area (Å²) in [6.45, 7) is 0.815. The van der Waals surface area contributed by atoms with Crippen molar-refractivity contribution in [1.29, 1.82) is 0 Å². The van der Waals surface area contributed by atoms with Crippen LogP contribution < -0.4 is 4.90 Å². The predicted octanol–water partition coefficient (Wildman–Crippen LogP) is 1.61. The molecule has 0 aliphatic heterocycles. The fraction of sp³-hybridized carbons (Fsp3) is 0.231. The molecule has 0 fully saturated rings. The van der Waals surface area contributed by atoms with E-state index in [1.165, 1.54) is 5.56 Å². The molecular weight excluding hydrogens is 214 g/mol. The lowest BCUT2D eigenvalue weighted by atomic mass is 10.2. The van der Waals surface area contributed by atoms with Gasteiger partial charge in [0.05, 0.1) is 6.61 Å². The normalized spacial score (nSPS) is 10.2. The number of rotatable bonds is 4. The molecule has 0 bridgehead atoms. The Balaban J connectivity index is 2.06. The van der Waals surface area contributed by atoms with Crippen LogP contribution in [-0.2, 0) is 13.2 Å². The van der Waals surface area contributed by atoms with Crippen LogP contribution in [0.25, 0.3) is 0 Å². The monoisotopic (exact) mass is 229 g/mol. The van der Waals surface area contributed by atoms with E-state index < -0.39 is 0 Å². The zero-order chi connectivity index (χ0) is 12.1. The molecule has 0 amide bonds. The molecule has 2 heterocycles. The maximum absolute atomic E-state index is 8.94. The first-order chi connectivity index (χ1) is 8.29. The van der Waals surface area contributed by atoms with Gasteiger partial charge in [-0.25, -0.2) is 4.98 Å². The second kappa shape index (κ2) is 5.41. The highest BCUT2D eigenvalue weighted by Gasteiger charge is 2.03. The van der Waals surface area contributed by atoms with Crippen molar-refractivity contribution in [2.24, 2.45) is 0 Å². The number of anilines is 1. The fourth-order valence-electron chi connectivity index (χ4n) is 1.58. The Kier molecular flexibility index (Phi) is 3.67. The first kappa shape index (κ1) is 11.5. The smallest absolute Gasteiger partial charge is 0.128 e. The SMILES string of the molecule is CN(Cc1ccncc1)c1ccc(CO)cn1. The van der Waals surface area contributed by atoms with Crippen LogP contribution in [-0.4, -0.2) is 22.1 Å². The van der Waals surface area contributed by atoms with Crippen molar-refractivity contribution in [2.75, 3.05) is 11.9 Å². The van der Waals surface area contributed by atoms with Gasteiger partial charge >= 0.3 is 0 Å². The molecule has 0 radical (unpaired) electrons. The van der Waals surface area contributed by atoms with Crippen LogP contribution in [0, 0.1) is 0 Å². The van der Waals surface area contributed by atoms with E-state index in [1.807, 2.05) is 31.3 Å². The third-order valence-electron chi connectivity index (χ3n) is 2.55. The van der Waals surface area contributed by atoms with Crippen molar-refractivity contribution in [3.63, 3.8) is 0 Å². The summed E-state index contributed by atoms with van der Waals surface area (Å²) in [6, 6.07) is 7.76. The first-order valence-electron chi connectivity index (χ1n) is 5.45. The molecule has 0 aliphatic rings. The molecule has 4 nitrogen and oxygen atoms in total. The summed E-state index contributed by atoms with van der Waals surface area (Å²) in [7, 11) is 1.99. The topological polar surface area (TPSA) is 49.2 Å². The standard InChI is InChI=1S/C13H15N3O/c1-16(9-11-4-6-14-7-5-11)13-3-2-12(10-17)8-15-13/h2-8,17H,9-10H2,1H3. The minimum Gasteiger partial charge on any atom is -0.392 e. The Morgan fingerprint density at radius 2 is 1.88 bits per heavy atom. The number of hydrogen-bond donors (Lipinski definition) is 1. The molecular formula is C13H15N3O. The summed E-state index contributed by atoms with van der Waals surface area (Å²) >= 11 is 0. The van der Waals surface area contributed by atoms with Gasteiger partial charge in [-0.05, 0) is 29.3 Å². The van der Waals surface area contributed by atoms with Crippen LogP contribution in [0.3, 0.4) is 0 Å². The highest BCUT2D eigenvalue weighted by atomic mass is 16.3. The lowest BCUT2D eigenvalue weighted by molar-refractivity contribution is 0.281. The number of nitrogens with zero attached hydrogens (tertiary/aromatic N) is 3. The lowest BCUT2D eigenvalue weighted by Crippen LogP contribution is -2.17. The minimum atomic E-state index is 0.0291. The molecule has 17 heavy (non-hydrogen) atoms. The van der Waals surface area contributed by atoms with Gasteiger partial charge in [0.1, 0.15) is 5.82 Å². The van der Waals surface area contributed by atoms with E-state index >= 15 is 0 Å². The zero-order valence-electron chi connectivity index (χ0n) is 9.74. The maximum Gasteiger partial charge on any atom is 0.128 e. The van der Waals surface area contributed by atoms with Crippen molar-refractivity contribution in [1.82, 2.24) is 9.97 Å². The van der Waals surface area contributed by atoms with Gasteiger partial charge in [-0.1, -0.05) is 6.07 Å². The van der Waals surface area contributed by atoms with E-state index in [4.69, 9.17) is 5.11 Å². The summed E-state index contributed by atoms with van der Waals surface area (Å²) in [5.41, 5.74) is 2.02. The molecule has 0 unspecified atom stereocenters. The number of aliphatic hydroxyl groups is 1. The van der Waals surface area contributed by atoms with Gasteiger partial charge in [0.25, 0.3) is 0 Å². The third-order valence-corrected chi connectivity index (χ3v) is 2.55. The van der Waals surface area contributed by atoms with Crippen LogP contribution in [0.1, 0.15) is 11.1 Å². The summed E-state index contributed by atoms with van der Waals surface area (Å²) in [5, 5.41) is 8.94. The second-order valence-electron chi connectivity index (χ2n) is 3.89. The van der Waals surface area contributed by atoms with Gasteiger partial charge in [-0.15, -0.1) is 0 Å². The molecule has 0 saturated carbocycles. The maximum atomic E-state index is 8.94. The van der Waals surface area contributed by atoms with Crippen LogP contribution in [0.15, 0.2) is 42.9 Å². The fourth-order valence-corrected chi connectivity index (χ4v) is 1.58. The van der Waals surface area contributed by atoms with Crippen molar-refractivity contribution in [3.8, 4) is 0 Å². The third kappa shape index (κ3) is 3.01. The number of pyridine rings is 2. The summed E-state index contributed by atoms with van der Waals surface area (Å²) < 4.78 is 0. The molecule has 1 N–H and O–H groups in total. The van der Waals surface area contributed by atoms with Gasteiger partial charge in [-0.3, -0.25) is 4.98 Å². The Hall–Kier alpha value is -1.94. The van der Waals surface area contributed by atoms with E-state index in [1.54, 1.807) is 18.6 Å². The van der Waals surface area contributed by atoms with E-state index in [9.17, 15) is 0 Å². The van der Waals surface area contributed by atoms with Gasteiger partial charge in [-0.2, -0.15) is 0 Å². The minimum absolute atomic E-state index is 0.0291. The summed E-state index contributed by atoms with van der Waals surface area (Å²) in [4.78, 5) is 10.3. The van der Waals surface area contributed by atoms with Crippen LogP contribution >= 0.6 is 0 Å². The van der Waals surface area contributed by atoms with Crippen LogP contribution in [0.2, 0.25) is 0 Å². The molecule has 88 valence electrons. The largest absolute Gasteiger partial charge is 0.392 e. The molecule has 2 rings (SSSR count). The average Bonchev–Trinajstić information content (AvgIpc) is 2.40. The Bertz CT molecular complexity index is 456. The molecule has 0 atom stereocenters. The van der Waals surface area contributed by atoms with Gasteiger partial charge in [0.15, 0.2) is 0 Å². The number of aromatic nitrogens is 2. The number of hydrogen-bond acceptors (Lipinski definition) is 4. The van der Waals surface area contributed by atoms with Gasteiger partial charge in [0.2, 0.25) is 0 Å². The van der Waals surface area contributed by atoms with Crippen LogP contribution in [0.4, 0.5) is 5.82 Å². The van der Waals surface area contributed by atoms with Crippen LogP contribution in [0.5, 0.6) is 0 Å². The molecule has 0 aromatic carbocycles. The van der Waals surface area contributed by atoms with Gasteiger partial charge in [0, 0.05) is 32.2 Å². The first-order valence-corrected chi connectivity index (χ1v) is 5.45. The van der Waals surface area contributed by atoms with E-state index in [-0.39, 0.29) is 6.61 Å². The second-order valence-corrected chi connectivity index (χ2v) is 3.89.